The van der Waals surface area contributed by atoms with Crippen LogP contribution in [0.1, 0.15) is 75.8 Å². The third-order valence-corrected chi connectivity index (χ3v) is 7.98. The van der Waals surface area contributed by atoms with Crippen molar-refractivity contribution in [2.24, 2.45) is 0 Å². The van der Waals surface area contributed by atoms with Crippen LogP contribution in [0.25, 0.3) is 0 Å². The summed E-state index contributed by atoms with van der Waals surface area (Å²) in [5.41, 5.74) is 3.03. The van der Waals surface area contributed by atoms with E-state index in [1.807, 2.05) is 11.5 Å². The highest BCUT2D eigenvalue weighted by molar-refractivity contribution is 7.09. The van der Waals surface area contributed by atoms with Crippen LogP contribution in [0, 0.1) is 12.7 Å². The molecule has 5 rings (SSSR count). The molecule has 1 atom stereocenters. The molecule has 1 aliphatic carbocycles. The number of Topliss-reactive ketones (excluding diaryl/α,β-unsaturated/α-hetero) is 1. The molecule has 0 bridgehead atoms. The van der Waals surface area contributed by atoms with Crippen molar-refractivity contribution in [2.75, 3.05) is 5.32 Å². The summed E-state index contributed by atoms with van der Waals surface area (Å²) in [6.07, 6.45) is 3.51. The molecule has 3 aromatic rings. The Bertz CT molecular complexity index is 1350. The van der Waals surface area contributed by atoms with Crippen molar-refractivity contribution in [1.29, 1.82) is 0 Å². The van der Waals surface area contributed by atoms with Crippen LogP contribution < -0.4 is 10.6 Å². The highest BCUT2D eigenvalue weighted by Crippen LogP contribution is 2.46. The molecule has 0 radical (unpaired) electrons. The van der Waals surface area contributed by atoms with Gasteiger partial charge in [-0.15, -0.1) is 21.5 Å². The van der Waals surface area contributed by atoms with E-state index in [0.717, 1.165) is 12.8 Å². The maximum Gasteiger partial charge on any atom is 0.293 e. The van der Waals surface area contributed by atoms with Gasteiger partial charge in [-0.1, -0.05) is 18.5 Å². The molecule has 1 aromatic carbocycles. The monoisotopic (exact) mass is 515 g/mol. The summed E-state index contributed by atoms with van der Waals surface area (Å²) < 4.78 is 15.4. The van der Waals surface area contributed by atoms with E-state index in [0.29, 0.717) is 46.9 Å². The lowest BCUT2D eigenvalue weighted by Crippen LogP contribution is -2.39. The summed E-state index contributed by atoms with van der Waals surface area (Å²) in [6.45, 7) is 3.70. The Balaban J connectivity index is 1.47. The lowest BCUT2D eigenvalue weighted by atomic mass is 10.0. The summed E-state index contributed by atoms with van der Waals surface area (Å²) in [5, 5.41) is 14.1. The number of amides is 2. The van der Waals surface area contributed by atoms with Crippen LogP contribution in [-0.4, -0.2) is 32.4 Å². The van der Waals surface area contributed by atoms with Gasteiger partial charge in [0.05, 0.1) is 16.1 Å². The minimum atomic E-state index is -0.716. The van der Waals surface area contributed by atoms with Gasteiger partial charge in [-0.05, 0) is 62.8 Å². The molecule has 1 fully saturated rings. The van der Waals surface area contributed by atoms with Crippen molar-refractivity contribution in [3.05, 3.63) is 62.1 Å². The molecule has 11 heteroatoms. The van der Waals surface area contributed by atoms with Gasteiger partial charge in [0.25, 0.3) is 17.6 Å². The number of hydrogen-bond acceptors (Lipinski definition) is 6. The topological polar surface area (TPSA) is 106 Å². The van der Waals surface area contributed by atoms with E-state index in [1.54, 1.807) is 12.4 Å². The number of carbonyl (C=O) groups is 3. The third-order valence-electron chi connectivity index (χ3n) is 6.80. The SMILES string of the molecule is CCC1CCc2c(C(=O)C(=O)NC3(c4nncs4)CC3)c(C)c(C(=O)Nc3ccc(F)c(Cl)c3)n21. The second-order valence-electron chi connectivity index (χ2n) is 8.96. The van der Waals surface area contributed by atoms with Gasteiger partial charge >= 0.3 is 0 Å². The molecule has 8 nitrogen and oxygen atoms in total. The van der Waals surface area contributed by atoms with E-state index in [1.165, 1.54) is 29.5 Å². The molecule has 182 valence electrons. The summed E-state index contributed by atoms with van der Waals surface area (Å²) in [5.74, 6) is -2.41. The average Bonchev–Trinajstić information content (AvgIpc) is 3.18. The van der Waals surface area contributed by atoms with E-state index >= 15 is 0 Å². The number of rotatable bonds is 7. The number of hydrogen-bond donors (Lipinski definition) is 2. The first-order valence-electron chi connectivity index (χ1n) is 11.4. The van der Waals surface area contributed by atoms with Crippen molar-refractivity contribution < 1.29 is 18.8 Å². The number of benzene rings is 1. The van der Waals surface area contributed by atoms with E-state index in [2.05, 4.69) is 20.8 Å². The Hall–Kier alpha value is -3.11. The first-order valence-corrected chi connectivity index (χ1v) is 12.6. The Morgan fingerprint density at radius 1 is 1.31 bits per heavy atom. The standard InChI is InChI=1S/C24H23ClFN5O3S/c1-3-14-5-7-17-18(20(32)22(34)29-24(8-9-24)23-30-27-11-35-23)12(2)19(31(14)17)21(33)28-13-4-6-16(26)15(25)10-13/h4,6,10-11,14H,3,5,7-9H2,1-2H3,(H,28,33)(H,29,34). The number of ketones is 1. The van der Waals surface area contributed by atoms with Gasteiger partial charge in [0.1, 0.15) is 22.0 Å². The molecule has 1 unspecified atom stereocenters. The Morgan fingerprint density at radius 2 is 2.09 bits per heavy atom. The van der Waals surface area contributed by atoms with E-state index in [9.17, 15) is 18.8 Å². The summed E-state index contributed by atoms with van der Waals surface area (Å²) in [6, 6.07) is 3.95. The van der Waals surface area contributed by atoms with Gasteiger partial charge in [0.15, 0.2) is 0 Å². The van der Waals surface area contributed by atoms with Crippen LogP contribution in [0.4, 0.5) is 10.1 Å². The van der Waals surface area contributed by atoms with Crippen LogP contribution in [0.15, 0.2) is 23.7 Å². The lowest BCUT2D eigenvalue weighted by molar-refractivity contribution is -0.118. The minimum absolute atomic E-state index is 0.0297. The van der Waals surface area contributed by atoms with Crippen molar-refractivity contribution in [3.63, 3.8) is 0 Å². The highest BCUT2D eigenvalue weighted by atomic mass is 35.5. The van der Waals surface area contributed by atoms with Crippen molar-refractivity contribution >= 4 is 46.2 Å². The number of carbonyl (C=O) groups excluding carboxylic acids is 3. The third kappa shape index (κ3) is 4.04. The highest BCUT2D eigenvalue weighted by Gasteiger charge is 2.50. The fourth-order valence-electron chi connectivity index (χ4n) is 4.87. The second-order valence-corrected chi connectivity index (χ2v) is 10.2. The molecule has 2 aliphatic rings. The Labute approximate surface area is 209 Å². The first kappa shape index (κ1) is 23.6. The zero-order valence-electron chi connectivity index (χ0n) is 19.2. The number of halogens is 2. The van der Waals surface area contributed by atoms with Crippen molar-refractivity contribution in [1.82, 2.24) is 20.1 Å². The molecule has 1 saturated carbocycles. The number of nitrogens with one attached hydrogen (secondary N) is 2. The van der Waals surface area contributed by atoms with Crippen LogP contribution in [-0.2, 0) is 16.8 Å². The number of anilines is 1. The molecule has 2 aromatic heterocycles. The van der Waals surface area contributed by atoms with Gasteiger partial charge in [-0.25, -0.2) is 4.39 Å². The Kier molecular flexibility index (Phi) is 5.96. The largest absolute Gasteiger partial charge is 0.337 e. The molecule has 0 spiro atoms. The molecular weight excluding hydrogens is 493 g/mol. The molecule has 0 saturated heterocycles. The number of nitrogens with zero attached hydrogens (tertiary/aromatic N) is 3. The van der Waals surface area contributed by atoms with Crippen molar-refractivity contribution in [3.8, 4) is 0 Å². The summed E-state index contributed by atoms with van der Waals surface area (Å²) in [7, 11) is 0. The Morgan fingerprint density at radius 3 is 2.71 bits per heavy atom. The van der Waals surface area contributed by atoms with Crippen LogP contribution >= 0.6 is 22.9 Å². The lowest BCUT2D eigenvalue weighted by Gasteiger charge is -2.16. The predicted molar refractivity (Wildman–Crippen MR) is 129 cm³/mol. The predicted octanol–water partition coefficient (Wildman–Crippen LogP) is 4.58. The fourth-order valence-corrected chi connectivity index (χ4v) is 5.82. The first-order chi connectivity index (χ1) is 16.8. The molecule has 2 N–H and O–H groups in total. The number of fused-ring (bicyclic) bond motifs is 1. The van der Waals surface area contributed by atoms with Gasteiger partial charge in [0, 0.05) is 17.4 Å². The van der Waals surface area contributed by atoms with Crippen LogP contribution in [0.2, 0.25) is 5.02 Å². The zero-order valence-corrected chi connectivity index (χ0v) is 20.7. The molecule has 1 aliphatic heterocycles. The van der Waals surface area contributed by atoms with E-state index in [-0.39, 0.29) is 16.6 Å². The number of aromatic nitrogens is 3. The van der Waals surface area contributed by atoms with Crippen LogP contribution in [0.3, 0.4) is 0 Å². The van der Waals surface area contributed by atoms with Gasteiger partial charge in [-0.2, -0.15) is 0 Å². The normalized spacial score (nSPS) is 17.7. The summed E-state index contributed by atoms with van der Waals surface area (Å²) in [4.78, 5) is 39.9. The average molecular weight is 516 g/mol. The maximum atomic E-state index is 13.5. The fraction of sp³-hybridized carbons (Fsp3) is 0.375. The molecule has 3 heterocycles. The zero-order chi connectivity index (χ0) is 24.9. The van der Waals surface area contributed by atoms with Gasteiger partial charge < -0.3 is 15.2 Å². The second kappa shape index (κ2) is 8.83. The van der Waals surface area contributed by atoms with Crippen molar-refractivity contribution in [2.45, 2.75) is 57.5 Å². The molecular formula is C24H23ClFN5O3S. The smallest absolute Gasteiger partial charge is 0.293 e. The van der Waals surface area contributed by atoms with Gasteiger partial charge in [-0.3, -0.25) is 14.4 Å². The minimum Gasteiger partial charge on any atom is -0.337 e. The van der Waals surface area contributed by atoms with Gasteiger partial charge in [0.2, 0.25) is 0 Å². The van der Waals surface area contributed by atoms with E-state index in [4.69, 9.17) is 11.6 Å². The quantitative estimate of drug-likeness (QED) is 0.354. The maximum absolute atomic E-state index is 13.5. The summed E-state index contributed by atoms with van der Waals surface area (Å²) >= 11 is 7.20. The molecule has 35 heavy (non-hydrogen) atoms. The molecule has 2 amide bonds. The van der Waals surface area contributed by atoms with Crippen LogP contribution in [0.5, 0.6) is 0 Å². The van der Waals surface area contributed by atoms with E-state index < -0.39 is 29.0 Å².